The fourth-order valence-electron chi connectivity index (χ4n) is 3.02. The number of ketones is 1. The number of thioether (sulfide) groups is 1. The van der Waals surface area contributed by atoms with Gasteiger partial charge >= 0.3 is 0 Å². The topological polar surface area (TPSA) is 78.8 Å². The number of carbonyl (C=O) groups excluding carboxylic acids is 3. The summed E-state index contributed by atoms with van der Waals surface area (Å²) in [6.45, 7) is 7.34. The van der Waals surface area contributed by atoms with E-state index in [0.29, 0.717) is 27.1 Å². The number of anilines is 1. The maximum atomic E-state index is 12.9. The van der Waals surface area contributed by atoms with Crippen molar-refractivity contribution < 1.29 is 14.4 Å². The van der Waals surface area contributed by atoms with Crippen LogP contribution in [0.3, 0.4) is 0 Å². The minimum Gasteiger partial charge on any atom is -0.325 e. The molecule has 1 aliphatic rings. The minimum atomic E-state index is -0.598. The summed E-state index contributed by atoms with van der Waals surface area (Å²) < 4.78 is 0. The zero-order valence-electron chi connectivity index (χ0n) is 17.2. The zero-order chi connectivity index (χ0) is 22.5. The number of hydrogen-bond donors (Lipinski definition) is 1. The standard InChI is InChI=1S/C23H22ClN3O3S/c1-4-12-27-22(30)19(13-20(29)26-18-7-5-6-14(2)21(18)24)31-23(27)25-17-10-8-16(9-11-17)15(3)28/h4-11,19H,1,12-13H2,2-3H3,(H,26,29). The predicted octanol–water partition coefficient (Wildman–Crippen LogP) is 5.00. The summed E-state index contributed by atoms with van der Waals surface area (Å²) in [4.78, 5) is 42.9. The summed E-state index contributed by atoms with van der Waals surface area (Å²) >= 11 is 7.48. The Morgan fingerprint density at radius 1 is 1.26 bits per heavy atom. The molecule has 2 amide bonds. The van der Waals surface area contributed by atoms with Crippen molar-refractivity contribution in [2.75, 3.05) is 11.9 Å². The molecule has 3 rings (SSSR count). The van der Waals surface area contributed by atoms with Gasteiger partial charge in [-0.1, -0.05) is 41.6 Å². The monoisotopic (exact) mass is 455 g/mol. The molecule has 0 radical (unpaired) electrons. The van der Waals surface area contributed by atoms with Gasteiger partial charge in [0.05, 0.1) is 16.4 Å². The molecule has 0 aliphatic carbocycles. The van der Waals surface area contributed by atoms with E-state index >= 15 is 0 Å². The van der Waals surface area contributed by atoms with Crippen molar-refractivity contribution in [3.05, 3.63) is 71.3 Å². The van der Waals surface area contributed by atoms with Crippen molar-refractivity contribution in [2.45, 2.75) is 25.5 Å². The Kier molecular flexibility index (Phi) is 7.30. The summed E-state index contributed by atoms with van der Waals surface area (Å²) in [6.07, 6.45) is 1.60. The van der Waals surface area contributed by atoms with E-state index in [2.05, 4.69) is 16.9 Å². The van der Waals surface area contributed by atoms with Crippen LogP contribution in [-0.2, 0) is 9.59 Å². The van der Waals surface area contributed by atoms with E-state index in [9.17, 15) is 14.4 Å². The highest BCUT2D eigenvalue weighted by atomic mass is 35.5. The number of amides is 2. The smallest absolute Gasteiger partial charge is 0.242 e. The van der Waals surface area contributed by atoms with Crippen LogP contribution >= 0.6 is 23.4 Å². The number of benzene rings is 2. The molecular weight excluding hydrogens is 434 g/mol. The molecule has 1 aliphatic heterocycles. The second-order valence-corrected chi connectivity index (χ2v) is 8.58. The van der Waals surface area contributed by atoms with Gasteiger partial charge in [0, 0.05) is 18.5 Å². The van der Waals surface area contributed by atoms with Gasteiger partial charge in [-0.2, -0.15) is 0 Å². The van der Waals surface area contributed by atoms with Crippen molar-refractivity contribution in [3.8, 4) is 0 Å². The third-order valence-corrected chi connectivity index (χ3v) is 6.34. The molecule has 1 unspecified atom stereocenters. The molecule has 31 heavy (non-hydrogen) atoms. The second-order valence-electron chi connectivity index (χ2n) is 7.03. The molecule has 160 valence electrons. The second kappa shape index (κ2) is 9.94. The molecule has 6 nitrogen and oxygen atoms in total. The number of Topliss-reactive ketones (excluding diaryl/α,β-unsaturated/α-hetero) is 1. The molecule has 0 spiro atoms. The van der Waals surface area contributed by atoms with Crippen LogP contribution in [-0.4, -0.2) is 39.5 Å². The Morgan fingerprint density at radius 2 is 1.97 bits per heavy atom. The third-order valence-electron chi connectivity index (χ3n) is 4.67. The third kappa shape index (κ3) is 5.42. The van der Waals surface area contributed by atoms with Crippen LogP contribution in [0.2, 0.25) is 5.02 Å². The van der Waals surface area contributed by atoms with Crippen molar-refractivity contribution in [1.82, 2.24) is 4.90 Å². The van der Waals surface area contributed by atoms with E-state index in [1.165, 1.54) is 23.6 Å². The average Bonchev–Trinajstić information content (AvgIpc) is 3.01. The largest absolute Gasteiger partial charge is 0.325 e. The summed E-state index contributed by atoms with van der Waals surface area (Å²) in [7, 11) is 0. The number of amidine groups is 1. The van der Waals surface area contributed by atoms with Gasteiger partial charge in [0.25, 0.3) is 0 Å². The number of hydrogen-bond acceptors (Lipinski definition) is 5. The van der Waals surface area contributed by atoms with E-state index in [0.717, 1.165) is 5.56 Å². The first-order valence-electron chi connectivity index (χ1n) is 9.63. The van der Waals surface area contributed by atoms with Crippen molar-refractivity contribution >= 4 is 57.5 Å². The van der Waals surface area contributed by atoms with Gasteiger partial charge in [0.2, 0.25) is 11.8 Å². The van der Waals surface area contributed by atoms with E-state index in [1.54, 1.807) is 42.5 Å². The van der Waals surface area contributed by atoms with Crippen molar-refractivity contribution in [2.24, 2.45) is 4.99 Å². The maximum absolute atomic E-state index is 12.9. The number of aliphatic imine (C=N–C) groups is 1. The van der Waals surface area contributed by atoms with Gasteiger partial charge in [0.1, 0.15) is 5.25 Å². The van der Waals surface area contributed by atoms with Gasteiger partial charge in [-0.25, -0.2) is 4.99 Å². The molecule has 0 bridgehead atoms. The molecular formula is C23H22ClN3O3S. The Morgan fingerprint density at radius 3 is 2.61 bits per heavy atom. The van der Waals surface area contributed by atoms with E-state index in [1.807, 2.05) is 13.0 Å². The molecule has 0 aromatic heterocycles. The summed E-state index contributed by atoms with van der Waals surface area (Å²) in [5.41, 5.74) is 2.58. The first-order valence-corrected chi connectivity index (χ1v) is 10.9. The highest BCUT2D eigenvalue weighted by Gasteiger charge is 2.38. The summed E-state index contributed by atoms with van der Waals surface area (Å²) in [6, 6.07) is 12.2. The predicted molar refractivity (Wildman–Crippen MR) is 126 cm³/mol. The minimum absolute atomic E-state index is 0.0102. The highest BCUT2D eigenvalue weighted by Crippen LogP contribution is 2.32. The molecule has 1 fully saturated rings. The molecule has 8 heteroatoms. The van der Waals surface area contributed by atoms with E-state index < -0.39 is 5.25 Å². The Balaban J connectivity index is 1.75. The van der Waals surface area contributed by atoms with E-state index in [-0.39, 0.29) is 30.6 Å². The summed E-state index contributed by atoms with van der Waals surface area (Å²) in [5, 5.41) is 3.15. The molecule has 2 aromatic carbocycles. The van der Waals surface area contributed by atoms with Crippen LogP contribution in [0.5, 0.6) is 0 Å². The fraction of sp³-hybridized carbons (Fsp3) is 0.217. The van der Waals surface area contributed by atoms with Gasteiger partial charge < -0.3 is 5.32 Å². The van der Waals surface area contributed by atoms with Gasteiger partial charge in [-0.3, -0.25) is 19.3 Å². The number of nitrogens with zero attached hydrogens (tertiary/aromatic N) is 2. The zero-order valence-corrected chi connectivity index (χ0v) is 18.8. The van der Waals surface area contributed by atoms with Gasteiger partial charge in [-0.15, -0.1) is 6.58 Å². The lowest BCUT2D eigenvalue weighted by Gasteiger charge is -2.14. The van der Waals surface area contributed by atoms with Crippen LogP contribution < -0.4 is 5.32 Å². The number of nitrogens with one attached hydrogen (secondary N) is 1. The number of halogens is 1. The highest BCUT2D eigenvalue weighted by molar-refractivity contribution is 8.15. The van der Waals surface area contributed by atoms with Crippen LogP contribution in [0.25, 0.3) is 0 Å². The van der Waals surface area contributed by atoms with Crippen LogP contribution in [0.4, 0.5) is 11.4 Å². The fourth-order valence-corrected chi connectivity index (χ4v) is 4.36. The Labute approximate surface area is 190 Å². The quantitative estimate of drug-likeness (QED) is 0.470. The lowest BCUT2D eigenvalue weighted by atomic mass is 10.1. The lowest BCUT2D eigenvalue weighted by molar-refractivity contribution is -0.127. The summed E-state index contributed by atoms with van der Waals surface area (Å²) in [5.74, 6) is -0.531. The SMILES string of the molecule is C=CCN1C(=O)C(CC(=O)Nc2cccc(C)c2Cl)SC1=Nc1ccc(C(C)=O)cc1. The van der Waals surface area contributed by atoms with Crippen LogP contribution in [0.1, 0.15) is 29.3 Å². The Bertz CT molecular complexity index is 1070. The maximum Gasteiger partial charge on any atom is 0.242 e. The molecule has 1 atom stereocenters. The molecule has 1 heterocycles. The van der Waals surface area contributed by atoms with Crippen molar-refractivity contribution in [1.29, 1.82) is 0 Å². The van der Waals surface area contributed by atoms with E-state index in [4.69, 9.17) is 11.6 Å². The normalized spacial score (nSPS) is 17.1. The molecule has 1 saturated heterocycles. The molecule has 2 aromatic rings. The van der Waals surface area contributed by atoms with Gasteiger partial charge in [-0.05, 0) is 49.7 Å². The molecule has 0 saturated carbocycles. The first kappa shape index (κ1) is 22.8. The average molecular weight is 456 g/mol. The lowest BCUT2D eigenvalue weighted by Crippen LogP contribution is -2.33. The van der Waals surface area contributed by atoms with Crippen LogP contribution in [0, 0.1) is 6.92 Å². The first-order chi connectivity index (χ1) is 14.8. The Hall–Kier alpha value is -2.90. The molecule has 1 N–H and O–H groups in total. The van der Waals surface area contributed by atoms with Crippen LogP contribution in [0.15, 0.2) is 60.1 Å². The number of rotatable bonds is 7. The van der Waals surface area contributed by atoms with Crippen molar-refractivity contribution in [3.63, 3.8) is 0 Å². The van der Waals surface area contributed by atoms with Gasteiger partial charge in [0.15, 0.2) is 11.0 Å². The number of carbonyl (C=O) groups is 3. The number of aryl methyl sites for hydroxylation is 1.